The van der Waals surface area contributed by atoms with Crippen molar-refractivity contribution in [2.24, 2.45) is 0 Å². The van der Waals surface area contributed by atoms with Gasteiger partial charge in [-0.2, -0.15) is 0 Å². The molecule has 0 radical (unpaired) electrons. The molecule has 5 nitrogen and oxygen atoms in total. The van der Waals surface area contributed by atoms with Gasteiger partial charge in [0.1, 0.15) is 0 Å². The second kappa shape index (κ2) is 3.59. The van der Waals surface area contributed by atoms with Crippen LogP contribution in [-0.4, -0.2) is 18.2 Å². The molecule has 1 aromatic rings. The van der Waals surface area contributed by atoms with E-state index in [0.717, 1.165) is 24.3 Å². The van der Waals surface area contributed by atoms with Gasteiger partial charge in [0, 0.05) is 0 Å². The van der Waals surface area contributed by atoms with E-state index in [1.54, 1.807) is 0 Å². The highest BCUT2D eigenvalue weighted by atomic mass is 32.2. The molecule has 0 unspecified atom stereocenters. The van der Waals surface area contributed by atoms with Gasteiger partial charge in [0.05, 0.1) is 10.2 Å². The quantitative estimate of drug-likeness (QED) is 0.461. The highest BCUT2D eigenvalue weighted by Crippen LogP contribution is 2.32. The van der Waals surface area contributed by atoms with Gasteiger partial charge >= 0.3 is 7.60 Å². The molecule has 0 aliphatic heterocycles. The van der Waals surface area contributed by atoms with Crippen molar-refractivity contribution in [2.75, 3.05) is 0 Å². The molecule has 72 valence electrons. The van der Waals surface area contributed by atoms with Crippen molar-refractivity contribution in [3.05, 3.63) is 24.3 Å². The largest absolute Gasteiger partial charge is 0.356 e. The molecular weight excluding hydrogens is 215 g/mol. The monoisotopic (exact) mass is 222 g/mol. The summed E-state index contributed by atoms with van der Waals surface area (Å²) in [7, 11) is -6.96. The maximum atomic E-state index is 10.7. The lowest BCUT2D eigenvalue weighted by molar-refractivity contribution is 0.387. The van der Waals surface area contributed by atoms with Crippen LogP contribution in [0.15, 0.2) is 29.2 Å². The lowest BCUT2D eigenvalue weighted by Gasteiger charge is -2.02. The first-order valence-electron chi connectivity index (χ1n) is 3.22. The Labute approximate surface area is 76.1 Å². The number of thiol groups is 1. The lowest BCUT2D eigenvalue weighted by Crippen LogP contribution is -2.02. The maximum Gasteiger partial charge on any atom is 0.356 e. The Morgan fingerprint density at radius 2 is 1.54 bits per heavy atom. The Balaban J connectivity index is 3.15. The zero-order chi connectivity index (χ0) is 10.1. The fourth-order valence-electron chi connectivity index (χ4n) is 0.769. The molecule has 7 heteroatoms. The fraction of sp³-hybridized carbons (Fsp3) is 0. The highest BCUT2D eigenvalue weighted by Gasteiger charge is 2.16. The first kappa shape index (κ1) is 10.4. The van der Waals surface area contributed by atoms with Crippen LogP contribution >= 0.6 is 7.60 Å². The summed E-state index contributed by atoms with van der Waals surface area (Å²) in [5.74, 6) is 0. The van der Waals surface area contributed by atoms with Crippen LogP contribution in [0.4, 0.5) is 0 Å². The van der Waals surface area contributed by atoms with Crippen LogP contribution in [-0.2, 0) is 15.3 Å². The molecule has 0 aromatic heterocycles. The summed E-state index contributed by atoms with van der Waals surface area (Å²) >= 11 is 0. The van der Waals surface area contributed by atoms with Crippen LogP contribution in [0.3, 0.4) is 0 Å². The Bertz CT molecular complexity index is 407. The average molecular weight is 222 g/mol. The standard InChI is InChI=1S/C6H7O5PS/c7-12(8,9)5-1-3-6(4-2-5)13(10)11/h1-4,13H,(H2,7,8,9). The molecule has 0 amide bonds. The van der Waals surface area contributed by atoms with Gasteiger partial charge in [-0.05, 0) is 24.3 Å². The van der Waals surface area contributed by atoms with Crippen molar-refractivity contribution < 1.29 is 22.8 Å². The van der Waals surface area contributed by atoms with Gasteiger partial charge in [-0.1, -0.05) is 0 Å². The van der Waals surface area contributed by atoms with E-state index in [4.69, 9.17) is 9.79 Å². The van der Waals surface area contributed by atoms with Crippen molar-refractivity contribution in [3.63, 3.8) is 0 Å². The second-order valence-electron chi connectivity index (χ2n) is 2.32. The van der Waals surface area contributed by atoms with Crippen LogP contribution in [0.1, 0.15) is 0 Å². The minimum atomic E-state index is -4.27. The van der Waals surface area contributed by atoms with Crippen molar-refractivity contribution in [3.8, 4) is 0 Å². The van der Waals surface area contributed by atoms with E-state index in [1.165, 1.54) is 0 Å². The number of rotatable bonds is 2. The summed E-state index contributed by atoms with van der Waals surface area (Å²) < 4.78 is 31.5. The first-order valence-corrected chi connectivity index (χ1v) is 6.01. The van der Waals surface area contributed by atoms with E-state index in [0.29, 0.717) is 0 Å². The van der Waals surface area contributed by atoms with Gasteiger partial charge < -0.3 is 9.79 Å². The maximum absolute atomic E-state index is 10.7. The van der Waals surface area contributed by atoms with Gasteiger partial charge in [-0.25, -0.2) is 8.42 Å². The van der Waals surface area contributed by atoms with Gasteiger partial charge in [0.15, 0.2) is 10.7 Å². The number of benzene rings is 1. The number of hydrogen-bond acceptors (Lipinski definition) is 3. The Morgan fingerprint density at radius 3 is 1.85 bits per heavy atom. The molecule has 0 spiro atoms. The average Bonchev–Trinajstić information content (AvgIpc) is 2.03. The predicted molar refractivity (Wildman–Crippen MR) is 46.7 cm³/mol. The highest BCUT2D eigenvalue weighted by molar-refractivity contribution is 7.72. The van der Waals surface area contributed by atoms with E-state index < -0.39 is 18.3 Å². The van der Waals surface area contributed by atoms with E-state index in [1.807, 2.05) is 0 Å². The predicted octanol–water partition coefficient (Wildman–Crippen LogP) is -0.540. The van der Waals surface area contributed by atoms with Crippen LogP contribution < -0.4 is 5.30 Å². The van der Waals surface area contributed by atoms with Crippen LogP contribution in [0, 0.1) is 0 Å². The van der Waals surface area contributed by atoms with Gasteiger partial charge in [0.2, 0.25) is 0 Å². The molecule has 2 N–H and O–H groups in total. The van der Waals surface area contributed by atoms with Gasteiger partial charge in [-0.15, -0.1) is 0 Å². The Hall–Kier alpha value is -0.680. The smallest absolute Gasteiger partial charge is 0.321 e. The van der Waals surface area contributed by atoms with Crippen LogP contribution in [0.25, 0.3) is 0 Å². The molecule has 0 saturated carbocycles. The third-order valence-electron chi connectivity index (χ3n) is 1.40. The first-order chi connectivity index (χ1) is 5.91. The summed E-state index contributed by atoms with van der Waals surface area (Å²) in [6.07, 6.45) is 0. The molecule has 1 aromatic carbocycles. The summed E-state index contributed by atoms with van der Waals surface area (Å²) in [6.45, 7) is 0. The third kappa shape index (κ3) is 2.63. The van der Waals surface area contributed by atoms with Crippen molar-refractivity contribution in [2.45, 2.75) is 4.90 Å². The summed E-state index contributed by atoms with van der Waals surface area (Å²) in [5, 5.41) is -0.187. The summed E-state index contributed by atoms with van der Waals surface area (Å²) in [5.41, 5.74) is 0. The molecule has 1 rings (SSSR count). The summed E-state index contributed by atoms with van der Waals surface area (Å²) in [6, 6.07) is 4.50. The van der Waals surface area contributed by atoms with E-state index in [-0.39, 0.29) is 10.2 Å². The minimum absolute atomic E-state index is 0.0344. The third-order valence-corrected chi connectivity index (χ3v) is 3.09. The summed E-state index contributed by atoms with van der Waals surface area (Å²) in [4.78, 5) is 17.4. The van der Waals surface area contributed by atoms with E-state index in [2.05, 4.69) is 0 Å². The Kier molecular flexibility index (Phi) is 2.87. The molecule has 0 aliphatic rings. The Morgan fingerprint density at radius 1 is 1.08 bits per heavy atom. The van der Waals surface area contributed by atoms with Gasteiger partial charge in [0.25, 0.3) is 0 Å². The molecule has 0 saturated heterocycles. The SMILES string of the molecule is O=[SH](=O)c1ccc(P(=O)(O)O)cc1. The van der Waals surface area contributed by atoms with Crippen LogP contribution in [0.2, 0.25) is 0 Å². The molecule has 0 aliphatic carbocycles. The molecule has 0 heterocycles. The molecule has 13 heavy (non-hydrogen) atoms. The molecular formula is C6H7O5PS. The topological polar surface area (TPSA) is 91.7 Å². The normalized spacial score (nSPS) is 11.9. The van der Waals surface area contributed by atoms with Gasteiger partial charge in [-0.3, -0.25) is 4.57 Å². The molecule has 0 atom stereocenters. The lowest BCUT2D eigenvalue weighted by atomic mass is 10.4. The van der Waals surface area contributed by atoms with Crippen LogP contribution in [0.5, 0.6) is 0 Å². The molecule has 0 fully saturated rings. The van der Waals surface area contributed by atoms with Crippen molar-refractivity contribution in [1.82, 2.24) is 0 Å². The molecule has 0 bridgehead atoms. The van der Waals surface area contributed by atoms with E-state index >= 15 is 0 Å². The van der Waals surface area contributed by atoms with Crippen molar-refractivity contribution in [1.29, 1.82) is 0 Å². The minimum Gasteiger partial charge on any atom is -0.321 e. The zero-order valence-electron chi connectivity index (χ0n) is 6.32. The van der Waals surface area contributed by atoms with E-state index in [9.17, 15) is 13.0 Å². The zero-order valence-corrected chi connectivity index (χ0v) is 8.11. The second-order valence-corrected chi connectivity index (χ2v) is 4.95. The number of hydrogen-bond donors (Lipinski definition) is 3. The van der Waals surface area contributed by atoms with Crippen molar-refractivity contribution >= 4 is 23.6 Å². The fourth-order valence-corrected chi connectivity index (χ4v) is 1.70.